The van der Waals surface area contributed by atoms with Gasteiger partial charge in [-0.3, -0.25) is 19.2 Å². The van der Waals surface area contributed by atoms with E-state index in [1.807, 2.05) is 32.0 Å². The average molecular weight is 475 g/mol. The molecule has 7 nitrogen and oxygen atoms in total. The molecule has 182 valence electrons. The maximum atomic E-state index is 13.0. The molecule has 2 aromatic rings. The van der Waals surface area contributed by atoms with E-state index in [0.717, 1.165) is 36.1 Å². The summed E-state index contributed by atoms with van der Waals surface area (Å²) in [5, 5.41) is 0. The number of carbonyl (C=O) groups is 4. The summed E-state index contributed by atoms with van der Waals surface area (Å²) < 4.78 is 5.62. The van der Waals surface area contributed by atoms with Gasteiger partial charge in [0.15, 0.2) is 0 Å². The Balaban J connectivity index is 1.29. The molecule has 2 aromatic carbocycles. The molecule has 7 heteroatoms. The number of hydrogen-bond acceptors (Lipinski definition) is 5. The molecular weight excluding hydrogens is 444 g/mol. The maximum absolute atomic E-state index is 13.0. The van der Waals surface area contributed by atoms with Crippen LogP contribution in [0, 0.1) is 37.5 Å². The molecule has 2 aliphatic heterocycles. The van der Waals surface area contributed by atoms with Crippen molar-refractivity contribution in [3.8, 4) is 5.75 Å². The van der Waals surface area contributed by atoms with Crippen molar-refractivity contribution in [2.75, 3.05) is 16.3 Å². The van der Waals surface area contributed by atoms with Crippen molar-refractivity contribution in [3.05, 3.63) is 53.6 Å². The summed E-state index contributed by atoms with van der Waals surface area (Å²) in [5.74, 6) is -1.37. The molecule has 4 atom stereocenters. The van der Waals surface area contributed by atoms with Gasteiger partial charge in [0.2, 0.25) is 17.7 Å². The minimum Gasteiger partial charge on any atom is -0.426 e. The van der Waals surface area contributed by atoms with Gasteiger partial charge >= 0.3 is 5.97 Å². The van der Waals surface area contributed by atoms with Crippen LogP contribution in [-0.2, 0) is 19.2 Å². The Morgan fingerprint density at radius 1 is 0.971 bits per heavy atom. The van der Waals surface area contributed by atoms with Gasteiger partial charge in [0.05, 0.1) is 23.4 Å². The summed E-state index contributed by atoms with van der Waals surface area (Å²) in [4.78, 5) is 54.5. The van der Waals surface area contributed by atoms with Gasteiger partial charge in [-0.25, -0.2) is 4.90 Å². The first kappa shape index (κ1) is 23.3. The highest BCUT2D eigenvalue weighted by molar-refractivity contribution is 6.22. The topological polar surface area (TPSA) is 84.0 Å². The highest BCUT2D eigenvalue weighted by Gasteiger charge is 2.50. The SMILES string of the molecule is Cc1ccc(N2C[C@H](C(=O)Oc3cccc(N4C(=O)[C@H]5C[C@@H](C)CC[C@H]5C4=O)c3)CC2=O)c(C)c1. The fourth-order valence-electron chi connectivity index (χ4n) is 5.74. The second-order valence-corrected chi connectivity index (χ2v) is 10.3. The molecule has 0 N–H and O–H groups in total. The van der Waals surface area contributed by atoms with Gasteiger partial charge in [0.25, 0.3) is 0 Å². The first-order valence-electron chi connectivity index (χ1n) is 12.3. The number of esters is 1. The van der Waals surface area contributed by atoms with E-state index in [4.69, 9.17) is 4.74 Å². The fraction of sp³-hybridized carbons (Fsp3) is 0.429. The van der Waals surface area contributed by atoms with Crippen LogP contribution in [0.15, 0.2) is 42.5 Å². The van der Waals surface area contributed by atoms with E-state index >= 15 is 0 Å². The van der Waals surface area contributed by atoms with Crippen LogP contribution in [0.4, 0.5) is 11.4 Å². The van der Waals surface area contributed by atoms with Crippen LogP contribution in [0.1, 0.15) is 43.7 Å². The highest BCUT2D eigenvalue weighted by atomic mass is 16.5. The zero-order valence-corrected chi connectivity index (χ0v) is 20.3. The molecule has 3 aliphatic rings. The molecule has 0 spiro atoms. The highest BCUT2D eigenvalue weighted by Crippen LogP contribution is 2.42. The Hall–Kier alpha value is -3.48. The van der Waals surface area contributed by atoms with E-state index in [-0.39, 0.29) is 48.3 Å². The van der Waals surface area contributed by atoms with Crippen LogP contribution < -0.4 is 14.5 Å². The molecule has 35 heavy (non-hydrogen) atoms. The number of aryl methyl sites for hydroxylation is 2. The minimum absolute atomic E-state index is 0.0798. The van der Waals surface area contributed by atoms with E-state index in [1.54, 1.807) is 29.2 Å². The molecule has 0 bridgehead atoms. The maximum Gasteiger partial charge on any atom is 0.316 e. The third-order valence-corrected chi connectivity index (χ3v) is 7.58. The lowest BCUT2D eigenvalue weighted by atomic mass is 9.76. The Bertz CT molecular complexity index is 1220. The van der Waals surface area contributed by atoms with Crippen molar-refractivity contribution >= 4 is 35.1 Å². The van der Waals surface area contributed by atoms with Crippen LogP contribution in [0.25, 0.3) is 0 Å². The Morgan fingerprint density at radius 3 is 2.51 bits per heavy atom. The number of amides is 3. The van der Waals surface area contributed by atoms with Crippen molar-refractivity contribution in [2.24, 2.45) is 23.7 Å². The van der Waals surface area contributed by atoms with E-state index in [9.17, 15) is 19.2 Å². The quantitative estimate of drug-likeness (QED) is 0.377. The first-order valence-corrected chi connectivity index (χ1v) is 12.3. The number of ether oxygens (including phenoxy) is 1. The van der Waals surface area contributed by atoms with E-state index in [0.29, 0.717) is 11.6 Å². The fourth-order valence-corrected chi connectivity index (χ4v) is 5.74. The summed E-state index contributed by atoms with van der Waals surface area (Å²) >= 11 is 0. The third kappa shape index (κ3) is 4.24. The van der Waals surface area contributed by atoms with Crippen molar-refractivity contribution < 1.29 is 23.9 Å². The molecule has 0 aromatic heterocycles. The summed E-state index contributed by atoms with van der Waals surface area (Å²) in [6.07, 6.45) is 2.49. The lowest BCUT2D eigenvalue weighted by Gasteiger charge is -2.25. The molecule has 1 aliphatic carbocycles. The van der Waals surface area contributed by atoms with Crippen molar-refractivity contribution in [3.63, 3.8) is 0 Å². The largest absolute Gasteiger partial charge is 0.426 e. The van der Waals surface area contributed by atoms with Crippen LogP contribution in [0.5, 0.6) is 5.75 Å². The lowest BCUT2D eigenvalue weighted by molar-refractivity contribution is -0.139. The van der Waals surface area contributed by atoms with Crippen LogP contribution in [-0.4, -0.2) is 30.2 Å². The van der Waals surface area contributed by atoms with Crippen molar-refractivity contribution in [1.82, 2.24) is 0 Å². The lowest BCUT2D eigenvalue weighted by Crippen LogP contribution is -2.31. The zero-order chi connectivity index (χ0) is 24.9. The molecule has 1 saturated carbocycles. The number of anilines is 2. The summed E-state index contributed by atoms with van der Waals surface area (Å²) in [7, 11) is 0. The number of carbonyl (C=O) groups excluding carboxylic acids is 4. The van der Waals surface area contributed by atoms with Gasteiger partial charge in [0.1, 0.15) is 5.75 Å². The summed E-state index contributed by atoms with van der Waals surface area (Å²) in [5.41, 5.74) is 3.32. The van der Waals surface area contributed by atoms with Gasteiger partial charge in [-0.2, -0.15) is 0 Å². The van der Waals surface area contributed by atoms with Gasteiger partial charge in [-0.15, -0.1) is 0 Å². The second kappa shape index (κ2) is 8.95. The molecule has 0 radical (unpaired) electrons. The first-order chi connectivity index (χ1) is 16.7. The van der Waals surface area contributed by atoms with E-state index < -0.39 is 11.9 Å². The van der Waals surface area contributed by atoms with Crippen LogP contribution >= 0.6 is 0 Å². The van der Waals surface area contributed by atoms with Gasteiger partial charge in [-0.1, -0.05) is 30.7 Å². The third-order valence-electron chi connectivity index (χ3n) is 7.58. The zero-order valence-electron chi connectivity index (χ0n) is 20.3. The van der Waals surface area contributed by atoms with E-state index in [2.05, 4.69) is 6.92 Å². The molecule has 3 fully saturated rings. The van der Waals surface area contributed by atoms with Gasteiger partial charge in [-0.05, 0) is 62.8 Å². The normalized spacial score (nSPS) is 26.3. The molecule has 0 unspecified atom stereocenters. The minimum atomic E-state index is -0.591. The number of fused-ring (bicyclic) bond motifs is 1. The number of hydrogen-bond donors (Lipinski definition) is 0. The molecule has 2 saturated heterocycles. The van der Waals surface area contributed by atoms with Gasteiger partial charge in [0, 0.05) is 24.7 Å². The van der Waals surface area contributed by atoms with Crippen molar-refractivity contribution in [2.45, 2.75) is 46.5 Å². The molecule has 2 heterocycles. The van der Waals surface area contributed by atoms with Crippen LogP contribution in [0.3, 0.4) is 0 Å². The monoisotopic (exact) mass is 474 g/mol. The number of rotatable bonds is 4. The predicted octanol–water partition coefficient (Wildman–Crippen LogP) is 4.19. The predicted molar refractivity (Wildman–Crippen MR) is 131 cm³/mol. The Morgan fingerprint density at radius 2 is 1.74 bits per heavy atom. The Kier molecular flexibility index (Phi) is 5.95. The standard InChI is InChI=1S/C28H30N2O5/c1-16-8-10-24(18(3)11-16)29-15-19(13-25(29)31)28(34)35-21-6-4-5-20(14-21)30-26(32)22-9-7-17(2)12-23(22)27(30)33/h4-6,8,10-11,14,17,19,22-23H,7,9,12-13,15H2,1-3H3/t17-,19+,22+,23-/m0/s1. The van der Waals surface area contributed by atoms with E-state index in [1.165, 1.54) is 4.90 Å². The van der Waals surface area contributed by atoms with Crippen molar-refractivity contribution in [1.29, 1.82) is 0 Å². The molecular formula is C28H30N2O5. The Labute approximate surface area is 205 Å². The molecule has 3 amide bonds. The summed E-state index contributed by atoms with van der Waals surface area (Å²) in [6.45, 7) is 6.32. The summed E-state index contributed by atoms with van der Waals surface area (Å²) in [6, 6.07) is 12.4. The molecule has 5 rings (SSSR count). The smallest absolute Gasteiger partial charge is 0.316 e. The average Bonchev–Trinajstić information content (AvgIpc) is 3.31. The number of nitrogens with zero attached hydrogens (tertiary/aromatic N) is 2. The van der Waals surface area contributed by atoms with Crippen LogP contribution in [0.2, 0.25) is 0 Å². The number of benzene rings is 2. The van der Waals surface area contributed by atoms with Gasteiger partial charge < -0.3 is 9.64 Å². The number of imide groups is 1. The second-order valence-electron chi connectivity index (χ2n) is 10.3.